The molecule has 0 spiro atoms. The van der Waals surface area contributed by atoms with E-state index in [9.17, 15) is 22.8 Å². The van der Waals surface area contributed by atoms with E-state index in [1.165, 1.54) is 4.90 Å². The molecular formula is C33H44ClN5O7S. The van der Waals surface area contributed by atoms with Gasteiger partial charge in [-0.2, -0.15) is 0 Å². The van der Waals surface area contributed by atoms with Crippen LogP contribution in [0.4, 0.5) is 0 Å². The molecule has 3 amide bonds. The molecule has 0 radical (unpaired) electrons. The van der Waals surface area contributed by atoms with Crippen molar-refractivity contribution >= 4 is 50.9 Å². The number of benzene rings is 1. The predicted molar refractivity (Wildman–Crippen MR) is 178 cm³/mol. The number of rotatable bonds is 6. The highest BCUT2D eigenvalue weighted by Crippen LogP contribution is 2.46. The fourth-order valence-electron chi connectivity index (χ4n) is 6.69. The van der Waals surface area contributed by atoms with E-state index < -0.39 is 50.8 Å². The predicted octanol–water partition coefficient (Wildman–Crippen LogP) is 2.84. The minimum atomic E-state index is -3.84. The third-order valence-electron chi connectivity index (χ3n) is 9.92. The molecule has 0 bridgehead atoms. The molecule has 4 N–H and O–H groups in total. The summed E-state index contributed by atoms with van der Waals surface area (Å²) in [6.45, 7) is 4.11. The normalized spacial score (nSPS) is 31.4. The van der Waals surface area contributed by atoms with E-state index in [0.717, 1.165) is 30.0 Å². The van der Waals surface area contributed by atoms with Crippen molar-refractivity contribution in [2.24, 2.45) is 23.5 Å². The number of nitrogens with zero attached hydrogens (tertiary/aromatic N) is 2. The maximum Gasteiger partial charge on any atom is 0.259 e. The van der Waals surface area contributed by atoms with Gasteiger partial charge in [0.15, 0.2) is 0 Å². The first-order valence-corrected chi connectivity index (χ1v) is 17.7. The fourth-order valence-corrected chi connectivity index (χ4v) is 8.06. The average Bonchev–Trinajstić information content (AvgIpc) is 3.96. The van der Waals surface area contributed by atoms with Gasteiger partial charge in [0, 0.05) is 23.1 Å². The first kappa shape index (κ1) is 34.9. The number of sulfonamides is 1. The molecule has 2 saturated carbocycles. The summed E-state index contributed by atoms with van der Waals surface area (Å²) < 4.78 is 39.5. The molecule has 256 valence electrons. The molecule has 1 aromatic heterocycles. The van der Waals surface area contributed by atoms with Crippen LogP contribution in [-0.2, 0) is 24.4 Å². The molecule has 1 unspecified atom stereocenters. The molecule has 12 nitrogen and oxygen atoms in total. The van der Waals surface area contributed by atoms with Crippen LogP contribution in [0.3, 0.4) is 0 Å². The SMILES string of the molecule is COc1cnc(O[C@@H]2C[C@H]3C(=O)N[C@]4(C(=O)NS(=O)(=O)C5CC5)C[C@H]4C=CC(C)CCC[C@@H](C)[C@H](N)C(=O)N3C2)c2ccccc12.Cl. The second-order valence-electron chi connectivity index (χ2n) is 13.4. The summed E-state index contributed by atoms with van der Waals surface area (Å²) in [5.41, 5.74) is 5.08. The van der Waals surface area contributed by atoms with Gasteiger partial charge in [-0.1, -0.05) is 50.6 Å². The first-order chi connectivity index (χ1) is 21.9. The summed E-state index contributed by atoms with van der Waals surface area (Å²) in [7, 11) is -2.27. The lowest BCUT2D eigenvalue weighted by Crippen LogP contribution is -2.58. The number of pyridine rings is 1. The van der Waals surface area contributed by atoms with E-state index >= 15 is 0 Å². The number of allylic oxidation sites excluding steroid dienone is 1. The monoisotopic (exact) mass is 689 g/mol. The van der Waals surface area contributed by atoms with Gasteiger partial charge in [0.05, 0.1) is 31.1 Å². The van der Waals surface area contributed by atoms with Gasteiger partial charge in [-0.15, -0.1) is 12.4 Å². The molecule has 14 heteroatoms. The van der Waals surface area contributed by atoms with Crippen molar-refractivity contribution in [2.75, 3.05) is 13.7 Å². The highest BCUT2D eigenvalue weighted by Gasteiger charge is 2.62. The van der Waals surface area contributed by atoms with Crippen LogP contribution in [0.25, 0.3) is 10.8 Å². The number of amides is 3. The van der Waals surface area contributed by atoms with Crippen LogP contribution in [0.5, 0.6) is 11.6 Å². The molecule has 6 rings (SSSR count). The highest BCUT2D eigenvalue weighted by atomic mass is 35.5. The summed E-state index contributed by atoms with van der Waals surface area (Å²) >= 11 is 0. The fraction of sp³-hybridized carbons (Fsp3) is 0.576. The molecule has 4 aliphatic rings. The number of hydrogen-bond donors (Lipinski definition) is 3. The van der Waals surface area contributed by atoms with E-state index in [-0.39, 0.29) is 55.5 Å². The van der Waals surface area contributed by atoms with Gasteiger partial charge in [0.1, 0.15) is 23.4 Å². The van der Waals surface area contributed by atoms with Gasteiger partial charge < -0.3 is 25.4 Å². The summed E-state index contributed by atoms with van der Waals surface area (Å²) in [4.78, 5) is 47.5. The van der Waals surface area contributed by atoms with Crippen LogP contribution < -0.4 is 25.2 Å². The third kappa shape index (κ3) is 7.07. The highest BCUT2D eigenvalue weighted by molar-refractivity contribution is 7.91. The Morgan fingerprint density at radius 1 is 1.11 bits per heavy atom. The first-order valence-electron chi connectivity index (χ1n) is 16.1. The lowest BCUT2D eigenvalue weighted by Gasteiger charge is -2.30. The lowest BCUT2D eigenvalue weighted by atomic mass is 9.92. The number of carbonyl (C=O) groups is 3. The Hall–Kier alpha value is -3.42. The lowest BCUT2D eigenvalue weighted by molar-refractivity contribution is -0.141. The van der Waals surface area contributed by atoms with Crippen molar-refractivity contribution < 1.29 is 32.3 Å². The Labute approximate surface area is 281 Å². The number of hydrogen-bond acceptors (Lipinski definition) is 9. The number of nitrogens with two attached hydrogens (primary N) is 1. The van der Waals surface area contributed by atoms with Gasteiger partial charge in [-0.25, -0.2) is 13.4 Å². The summed E-state index contributed by atoms with van der Waals surface area (Å²) in [5, 5.41) is 3.83. The van der Waals surface area contributed by atoms with E-state index in [1.807, 2.05) is 43.3 Å². The number of fused-ring (bicyclic) bond motifs is 3. The van der Waals surface area contributed by atoms with E-state index in [4.69, 9.17) is 15.2 Å². The van der Waals surface area contributed by atoms with Crippen molar-refractivity contribution in [2.45, 2.75) is 87.8 Å². The quantitative estimate of drug-likeness (QED) is 0.386. The molecule has 7 atom stereocenters. The van der Waals surface area contributed by atoms with Crippen LogP contribution in [0.15, 0.2) is 42.6 Å². The molecule has 2 aromatic rings. The van der Waals surface area contributed by atoms with Crippen LogP contribution in [0, 0.1) is 17.8 Å². The maximum absolute atomic E-state index is 14.1. The number of ether oxygens (including phenoxy) is 2. The van der Waals surface area contributed by atoms with Crippen molar-refractivity contribution in [3.05, 3.63) is 42.6 Å². The minimum absolute atomic E-state index is 0. The third-order valence-corrected chi connectivity index (χ3v) is 11.7. The zero-order valence-corrected chi connectivity index (χ0v) is 28.5. The molecule has 3 fully saturated rings. The zero-order valence-electron chi connectivity index (χ0n) is 26.9. The number of halogens is 1. The molecule has 1 aromatic carbocycles. The van der Waals surface area contributed by atoms with Crippen molar-refractivity contribution in [3.63, 3.8) is 0 Å². The standard InChI is InChI=1S/C33H43N5O7S.ClH/c1-19-7-6-8-20(2)28(34)31(40)38-18-22(45-30-25-10-5-4-9-24(25)27(44-3)17-35-30)15-26(38)29(39)36-33(16-21(33)12-11-19)32(41)37-46(42,43)23-13-14-23;/h4-5,9-12,17,19-23,26,28H,6-8,13-16,18,34H2,1-3H3,(H,36,39)(H,37,41);1H/t19?,20-,21-,22-,26+,28+,33-;/m1./s1. The zero-order chi connectivity index (χ0) is 32.8. The van der Waals surface area contributed by atoms with Crippen molar-refractivity contribution in [3.8, 4) is 11.6 Å². The number of aromatic nitrogens is 1. The Bertz CT molecular complexity index is 1670. The van der Waals surface area contributed by atoms with E-state index in [0.29, 0.717) is 24.5 Å². The number of nitrogens with one attached hydrogen (secondary N) is 2. The van der Waals surface area contributed by atoms with Crippen molar-refractivity contribution in [1.29, 1.82) is 0 Å². The Morgan fingerprint density at radius 3 is 2.53 bits per heavy atom. The van der Waals surface area contributed by atoms with Crippen LogP contribution >= 0.6 is 12.4 Å². The molecule has 3 heterocycles. The Balaban J connectivity index is 0.00000433. The summed E-state index contributed by atoms with van der Waals surface area (Å²) in [6, 6.07) is 5.69. The van der Waals surface area contributed by atoms with E-state index in [1.54, 1.807) is 13.3 Å². The van der Waals surface area contributed by atoms with Gasteiger partial charge in [0.2, 0.25) is 27.7 Å². The van der Waals surface area contributed by atoms with Crippen LogP contribution in [0.1, 0.15) is 58.8 Å². The largest absolute Gasteiger partial charge is 0.494 e. The van der Waals surface area contributed by atoms with Crippen molar-refractivity contribution in [1.82, 2.24) is 19.9 Å². The molecular weight excluding hydrogens is 646 g/mol. The Kier molecular flexibility index (Phi) is 10.1. The summed E-state index contributed by atoms with van der Waals surface area (Å²) in [5.74, 6) is -1.04. The van der Waals surface area contributed by atoms with Gasteiger partial charge >= 0.3 is 0 Å². The second kappa shape index (κ2) is 13.6. The topological polar surface area (TPSA) is 170 Å². The smallest absolute Gasteiger partial charge is 0.259 e. The molecule has 1 saturated heterocycles. The average molecular weight is 690 g/mol. The Morgan fingerprint density at radius 2 is 1.83 bits per heavy atom. The van der Waals surface area contributed by atoms with Gasteiger partial charge in [-0.3, -0.25) is 19.1 Å². The molecule has 2 aliphatic carbocycles. The number of methoxy groups -OCH3 is 1. The summed E-state index contributed by atoms with van der Waals surface area (Å²) in [6.07, 6.45) is 8.76. The van der Waals surface area contributed by atoms with E-state index in [2.05, 4.69) is 21.9 Å². The maximum atomic E-state index is 14.1. The van der Waals surface area contributed by atoms with Crippen LogP contribution in [0.2, 0.25) is 0 Å². The van der Waals surface area contributed by atoms with Crippen LogP contribution in [-0.4, -0.2) is 78.7 Å². The van der Waals surface area contributed by atoms with Gasteiger partial charge in [-0.05, 0) is 50.0 Å². The van der Waals surface area contributed by atoms with Gasteiger partial charge in [0.25, 0.3) is 5.91 Å². The number of carbonyl (C=O) groups excluding carboxylic acids is 3. The second-order valence-corrected chi connectivity index (χ2v) is 15.4. The molecule has 2 aliphatic heterocycles. The molecule has 47 heavy (non-hydrogen) atoms. The minimum Gasteiger partial charge on any atom is -0.494 e.